The van der Waals surface area contributed by atoms with Gasteiger partial charge in [-0.25, -0.2) is 9.78 Å². The van der Waals surface area contributed by atoms with Crippen molar-refractivity contribution >= 4 is 34.5 Å². The van der Waals surface area contributed by atoms with Crippen molar-refractivity contribution in [2.75, 3.05) is 13.2 Å². The topological polar surface area (TPSA) is 148 Å². The molecule has 0 radical (unpaired) electrons. The van der Waals surface area contributed by atoms with Gasteiger partial charge in [0.05, 0.1) is 11.0 Å². The number of aliphatic hydroxyl groups is 1. The number of hydrogen-bond acceptors (Lipinski definition) is 7. The van der Waals surface area contributed by atoms with Crippen molar-refractivity contribution in [1.82, 2.24) is 20.2 Å². The van der Waals surface area contributed by atoms with Gasteiger partial charge in [-0.1, -0.05) is 36.4 Å². The zero-order valence-corrected chi connectivity index (χ0v) is 18.6. The Morgan fingerprint density at radius 1 is 1.20 bits per heavy atom. The molecule has 1 atom stereocenters. The summed E-state index contributed by atoms with van der Waals surface area (Å²) >= 11 is 0. The number of allylic oxidation sites excluding steroid dienone is 1. The average molecular weight is 471 g/mol. The van der Waals surface area contributed by atoms with Crippen molar-refractivity contribution in [3.05, 3.63) is 71.2 Å². The number of imidazole rings is 1. The Balaban J connectivity index is 1.29. The molecule has 35 heavy (non-hydrogen) atoms. The van der Waals surface area contributed by atoms with Crippen LogP contribution in [0, 0.1) is 11.3 Å². The number of aromatic amines is 1. The minimum absolute atomic E-state index is 0.134. The molecule has 0 bridgehead atoms. The van der Waals surface area contributed by atoms with E-state index in [1.54, 1.807) is 24.3 Å². The maximum absolute atomic E-state index is 13.3. The Bertz CT molecular complexity index is 1400. The molecule has 1 aliphatic carbocycles. The molecule has 1 aromatic heterocycles. The van der Waals surface area contributed by atoms with Crippen LogP contribution >= 0.6 is 0 Å². The summed E-state index contributed by atoms with van der Waals surface area (Å²) in [4.78, 5) is 46.4. The molecule has 1 unspecified atom stereocenters. The summed E-state index contributed by atoms with van der Waals surface area (Å²) in [6.45, 7) is -1.23. The van der Waals surface area contributed by atoms with Crippen LogP contribution < -0.4 is 5.32 Å². The Kier molecular flexibility index (Phi) is 5.45. The molecule has 3 amide bonds. The maximum Gasteiger partial charge on any atom is 0.326 e. The third-order valence-electron chi connectivity index (χ3n) is 6.33. The first-order valence-corrected chi connectivity index (χ1v) is 11.1. The van der Waals surface area contributed by atoms with E-state index in [-0.39, 0.29) is 11.4 Å². The SMILES string of the molecule is N#C/C(=C(/O)COC(=O)CN1C(=O)NC2(CCCc3ccccc32)C1=O)c1nc2ccccc2[nH]1. The lowest BCUT2D eigenvalue weighted by atomic mass is 9.76. The highest BCUT2D eigenvalue weighted by molar-refractivity contribution is 6.09. The number of urea groups is 1. The van der Waals surface area contributed by atoms with Gasteiger partial charge in [0, 0.05) is 0 Å². The lowest BCUT2D eigenvalue weighted by Crippen LogP contribution is -2.46. The number of rotatable bonds is 5. The standard InChI is InChI=1S/C25H21N5O5/c26-12-16(22-27-18-9-3-4-10-19(18)28-22)20(31)14-35-21(32)13-30-23(33)25(29-24(30)34)11-5-7-15-6-1-2-8-17(15)25/h1-4,6,8-10,31H,5,7,11,13-14H2,(H,27,28)(H,29,34)/b20-16-. The normalized spacial score (nSPS) is 19.8. The quantitative estimate of drug-likeness (QED) is 0.224. The second-order valence-electron chi connectivity index (χ2n) is 8.43. The zero-order valence-electron chi connectivity index (χ0n) is 18.6. The van der Waals surface area contributed by atoms with Gasteiger partial charge in [-0.15, -0.1) is 0 Å². The lowest BCUT2D eigenvalue weighted by molar-refractivity contribution is -0.147. The van der Waals surface area contributed by atoms with E-state index in [4.69, 9.17) is 4.74 Å². The summed E-state index contributed by atoms with van der Waals surface area (Å²) in [5, 5.41) is 22.6. The third kappa shape index (κ3) is 3.77. The molecule has 5 rings (SSSR count). The van der Waals surface area contributed by atoms with Gasteiger partial charge >= 0.3 is 12.0 Å². The van der Waals surface area contributed by atoms with Crippen LogP contribution in [0.15, 0.2) is 54.3 Å². The number of nitrogens with zero attached hydrogens (tertiary/aromatic N) is 3. The first kappa shape index (κ1) is 22.2. The van der Waals surface area contributed by atoms with Crippen LogP contribution in [0.1, 0.15) is 29.8 Å². The number of benzene rings is 2. The Labute approximate surface area is 199 Å². The van der Waals surface area contributed by atoms with Gasteiger partial charge in [0.2, 0.25) is 0 Å². The Morgan fingerprint density at radius 2 is 1.97 bits per heavy atom. The van der Waals surface area contributed by atoms with Crippen molar-refractivity contribution in [3.63, 3.8) is 0 Å². The summed E-state index contributed by atoms with van der Waals surface area (Å²) in [7, 11) is 0. The molecule has 1 fully saturated rings. The number of ether oxygens (including phenoxy) is 1. The van der Waals surface area contributed by atoms with Crippen LogP contribution in [0.5, 0.6) is 0 Å². The molecule has 176 valence electrons. The number of nitrogens with one attached hydrogen (secondary N) is 2. The second-order valence-corrected chi connectivity index (χ2v) is 8.43. The van der Waals surface area contributed by atoms with Gasteiger partial charge < -0.3 is 20.1 Å². The van der Waals surface area contributed by atoms with Crippen molar-refractivity contribution in [3.8, 4) is 6.07 Å². The van der Waals surface area contributed by atoms with E-state index in [0.29, 0.717) is 17.5 Å². The first-order chi connectivity index (χ1) is 16.9. The number of para-hydroxylation sites is 2. The predicted molar refractivity (Wildman–Crippen MR) is 124 cm³/mol. The molecule has 3 aromatic rings. The molecule has 3 N–H and O–H groups in total. The number of aryl methyl sites for hydroxylation is 1. The highest BCUT2D eigenvalue weighted by atomic mass is 16.5. The van der Waals surface area contributed by atoms with E-state index < -0.39 is 42.4 Å². The Hall–Kier alpha value is -4.65. The fourth-order valence-electron chi connectivity index (χ4n) is 4.68. The average Bonchev–Trinajstić information content (AvgIpc) is 3.38. The number of H-pyrrole nitrogens is 1. The van der Waals surface area contributed by atoms with Gasteiger partial charge in [0.25, 0.3) is 5.91 Å². The number of imide groups is 1. The minimum atomic E-state index is -1.19. The zero-order chi connectivity index (χ0) is 24.6. The van der Waals surface area contributed by atoms with Crippen LogP contribution in [0.2, 0.25) is 0 Å². The molecule has 10 heteroatoms. The number of carbonyl (C=O) groups excluding carboxylic acids is 3. The predicted octanol–water partition coefficient (Wildman–Crippen LogP) is 2.68. The van der Waals surface area contributed by atoms with Crippen molar-refractivity contribution in [1.29, 1.82) is 5.26 Å². The monoisotopic (exact) mass is 471 g/mol. The number of esters is 1. The van der Waals surface area contributed by atoms with Gasteiger partial charge in [0.1, 0.15) is 30.3 Å². The van der Waals surface area contributed by atoms with Gasteiger partial charge in [-0.3, -0.25) is 14.5 Å². The highest BCUT2D eigenvalue weighted by Crippen LogP contribution is 2.39. The number of aromatic nitrogens is 2. The maximum atomic E-state index is 13.3. The first-order valence-electron chi connectivity index (χ1n) is 11.1. The number of amides is 3. The summed E-state index contributed by atoms with van der Waals surface area (Å²) in [5.74, 6) is -1.78. The second kappa shape index (κ2) is 8.61. The van der Waals surface area contributed by atoms with E-state index in [9.17, 15) is 24.8 Å². The minimum Gasteiger partial charge on any atom is -0.507 e. The van der Waals surface area contributed by atoms with Gasteiger partial charge in [-0.2, -0.15) is 5.26 Å². The molecule has 0 saturated carbocycles. The van der Waals surface area contributed by atoms with Gasteiger partial charge in [-0.05, 0) is 42.5 Å². The van der Waals surface area contributed by atoms with Crippen LogP contribution in [-0.2, 0) is 26.3 Å². The Morgan fingerprint density at radius 3 is 2.77 bits per heavy atom. The van der Waals surface area contributed by atoms with Crippen LogP contribution in [0.3, 0.4) is 0 Å². The third-order valence-corrected chi connectivity index (χ3v) is 6.33. The summed E-state index contributed by atoms with van der Waals surface area (Å²) in [6.07, 6.45) is 1.96. The molecule has 1 aliphatic heterocycles. The van der Waals surface area contributed by atoms with Crippen molar-refractivity contribution in [2.45, 2.75) is 24.8 Å². The van der Waals surface area contributed by atoms with Gasteiger partial charge in [0.15, 0.2) is 11.6 Å². The molecular weight excluding hydrogens is 450 g/mol. The number of aliphatic hydroxyl groups excluding tert-OH is 1. The number of fused-ring (bicyclic) bond motifs is 3. The van der Waals surface area contributed by atoms with Crippen molar-refractivity contribution in [2.24, 2.45) is 0 Å². The highest BCUT2D eigenvalue weighted by Gasteiger charge is 2.54. The van der Waals surface area contributed by atoms with E-state index in [0.717, 1.165) is 28.9 Å². The summed E-state index contributed by atoms with van der Waals surface area (Å²) in [5.41, 5.74) is 1.64. The van der Waals surface area contributed by atoms with E-state index >= 15 is 0 Å². The molecule has 2 aliphatic rings. The van der Waals surface area contributed by atoms with Crippen LogP contribution in [-0.4, -0.2) is 51.0 Å². The lowest BCUT2D eigenvalue weighted by Gasteiger charge is -2.33. The van der Waals surface area contributed by atoms with Crippen molar-refractivity contribution < 1.29 is 24.2 Å². The molecule has 10 nitrogen and oxygen atoms in total. The molecular formula is C25H21N5O5. The van der Waals surface area contributed by atoms with E-state index in [2.05, 4.69) is 15.3 Å². The number of nitriles is 1. The fourth-order valence-corrected chi connectivity index (χ4v) is 4.68. The molecule has 2 aromatic carbocycles. The largest absolute Gasteiger partial charge is 0.507 e. The number of hydrogen-bond donors (Lipinski definition) is 3. The molecule has 2 heterocycles. The van der Waals surface area contributed by atoms with Crippen LogP contribution in [0.25, 0.3) is 16.6 Å². The van der Waals surface area contributed by atoms with Crippen LogP contribution in [0.4, 0.5) is 4.79 Å². The van der Waals surface area contributed by atoms with E-state index in [1.807, 2.05) is 30.3 Å². The summed E-state index contributed by atoms with van der Waals surface area (Å²) < 4.78 is 5.07. The summed E-state index contributed by atoms with van der Waals surface area (Å²) in [6, 6.07) is 15.7. The molecule has 1 saturated heterocycles. The number of carbonyl (C=O) groups is 3. The fraction of sp³-hybridized carbons (Fsp3) is 0.240. The molecule has 1 spiro atoms. The smallest absolute Gasteiger partial charge is 0.326 e. The van der Waals surface area contributed by atoms with E-state index in [1.165, 1.54) is 0 Å².